The minimum Gasteiger partial charge on any atom is -0.376 e. The fourth-order valence-electron chi connectivity index (χ4n) is 3.10. The Morgan fingerprint density at radius 2 is 2.25 bits per heavy atom. The van der Waals surface area contributed by atoms with Crippen LogP contribution in [0.2, 0.25) is 0 Å². The molecule has 0 saturated heterocycles. The summed E-state index contributed by atoms with van der Waals surface area (Å²) in [7, 11) is 1.56. The number of hydrogen-bond acceptors (Lipinski definition) is 5. The van der Waals surface area contributed by atoms with Crippen molar-refractivity contribution in [1.82, 2.24) is 25.4 Å². The number of alkyl halides is 2. The van der Waals surface area contributed by atoms with Gasteiger partial charge in [0.1, 0.15) is 0 Å². The highest BCUT2D eigenvalue weighted by atomic mass is 19.3. The van der Waals surface area contributed by atoms with Crippen LogP contribution in [0.15, 0.2) is 18.3 Å². The number of hydrogen-bond donors (Lipinski definition) is 1. The van der Waals surface area contributed by atoms with E-state index in [9.17, 15) is 13.6 Å². The Labute approximate surface area is 137 Å². The number of nitrogens with one attached hydrogen (secondary N) is 1. The third-order valence-electron chi connectivity index (χ3n) is 4.76. The number of tetrazole rings is 1. The van der Waals surface area contributed by atoms with Crippen molar-refractivity contribution in [3.05, 3.63) is 23.9 Å². The van der Waals surface area contributed by atoms with Gasteiger partial charge in [0.25, 0.3) is 5.91 Å². The van der Waals surface area contributed by atoms with Gasteiger partial charge in [0, 0.05) is 31.3 Å². The number of methoxy groups -OCH3 is 1. The third kappa shape index (κ3) is 3.35. The summed E-state index contributed by atoms with van der Waals surface area (Å²) in [6.07, 6.45) is 1.12. The molecule has 1 aliphatic rings. The van der Waals surface area contributed by atoms with Gasteiger partial charge in [-0.15, -0.1) is 5.10 Å². The molecule has 1 amide bonds. The number of amides is 1. The van der Waals surface area contributed by atoms with Crippen molar-refractivity contribution in [2.45, 2.75) is 37.7 Å². The molecule has 2 heterocycles. The number of carbonyl (C=O) groups is 1. The molecular weight excluding hydrogens is 320 g/mol. The van der Waals surface area contributed by atoms with Gasteiger partial charge >= 0.3 is 0 Å². The first-order valence-corrected chi connectivity index (χ1v) is 7.82. The molecule has 1 fully saturated rings. The molecule has 0 aliphatic heterocycles. The molecule has 1 saturated carbocycles. The van der Waals surface area contributed by atoms with Crippen molar-refractivity contribution < 1.29 is 18.3 Å². The zero-order chi connectivity index (χ0) is 17.2. The lowest BCUT2D eigenvalue weighted by Crippen LogP contribution is -2.47. The summed E-state index contributed by atoms with van der Waals surface area (Å²) in [6, 6.07) is 3.20. The molecule has 0 unspecified atom stereocenters. The normalized spacial score (nSPS) is 24.4. The fourth-order valence-corrected chi connectivity index (χ4v) is 3.10. The molecule has 0 aromatic carbocycles. The molecule has 9 heteroatoms. The van der Waals surface area contributed by atoms with Gasteiger partial charge in [-0.25, -0.2) is 13.3 Å². The largest absolute Gasteiger partial charge is 0.376 e. The smallest absolute Gasteiger partial charge is 0.251 e. The van der Waals surface area contributed by atoms with E-state index in [1.807, 2.05) is 0 Å². The van der Waals surface area contributed by atoms with Gasteiger partial charge in [-0.2, -0.15) is 0 Å². The topological polar surface area (TPSA) is 81.4 Å². The maximum atomic E-state index is 12.8. The zero-order valence-corrected chi connectivity index (χ0v) is 13.3. The minimum absolute atomic E-state index is 0.270. The Balaban J connectivity index is 1.62. The van der Waals surface area contributed by atoms with Crippen molar-refractivity contribution in [3.63, 3.8) is 0 Å². The van der Waals surface area contributed by atoms with E-state index < -0.39 is 17.9 Å². The summed E-state index contributed by atoms with van der Waals surface area (Å²) < 4.78 is 32.6. The van der Waals surface area contributed by atoms with Crippen molar-refractivity contribution in [3.8, 4) is 0 Å². The quantitative estimate of drug-likeness (QED) is 0.897. The average molecular weight is 339 g/mol. The summed E-state index contributed by atoms with van der Waals surface area (Å²) >= 11 is 0. The second kappa shape index (κ2) is 6.76. The van der Waals surface area contributed by atoms with Crippen molar-refractivity contribution in [1.29, 1.82) is 0 Å². The molecule has 0 spiro atoms. The zero-order valence-electron chi connectivity index (χ0n) is 13.3. The van der Waals surface area contributed by atoms with E-state index >= 15 is 0 Å². The molecule has 7 nitrogen and oxygen atoms in total. The lowest BCUT2D eigenvalue weighted by Gasteiger charge is -2.39. The first-order valence-electron chi connectivity index (χ1n) is 7.82. The van der Waals surface area contributed by atoms with Crippen molar-refractivity contribution in [2.24, 2.45) is 5.92 Å². The van der Waals surface area contributed by atoms with E-state index in [0.29, 0.717) is 36.9 Å². The Bertz CT molecular complexity index is 713. The van der Waals surface area contributed by atoms with Crippen LogP contribution in [0.25, 0.3) is 5.65 Å². The molecule has 1 aliphatic carbocycles. The average Bonchev–Trinajstić information content (AvgIpc) is 3.07. The van der Waals surface area contributed by atoms with Crippen LogP contribution in [-0.4, -0.2) is 51.6 Å². The first-order chi connectivity index (χ1) is 11.5. The number of halogens is 2. The number of nitrogens with zero attached hydrogens (tertiary/aromatic N) is 4. The van der Waals surface area contributed by atoms with E-state index in [-0.39, 0.29) is 12.5 Å². The van der Waals surface area contributed by atoms with Crippen LogP contribution in [0.5, 0.6) is 0 Å². The van der Waals surface area contributed by atoms with Crippen LogP contribution in [0, 0.1) is 5.92 Å². The highest BCUT2D eigenvalue weighted by Gasteiger charge is 2.38. The van der Waals surface area contributed by atoms with E-state index in [4.69, 9.17) is 4.74 Å². The SMILES string of the molecule is COC1(CNC(=O)c2ccn3nnnc3c2)CCC(C(F)F)CC1. The van der Waals surface area contributed by atoms with E-state index in [0.717, 1.165) is 0 Å². The molecule has 0 radical (unpaired) electrons. The number of aromatic nitrogens is 4. The number of fused-ring (bicyclic) bond motifs is 1. The van der Waals surface area contributed by atoms with Gasteiger partial charge in [0.2, 0.25) is 6.43 Å². The van der Waals surface area contributed by atoms with E-state index in [2.05, 4.69) is 20.8 Å². The number of pyridine rings is 1. The van der Waals surface area contributed by atoms with Gasteiger partial charge in [0.05, 0.1) is 5.60 Å². The minimum atomic E-state index is -2.29. The molecule has 24 heavy (non-hydrogen) atoms. The lowest BCUT2D eigenvalue weighted by molar-refractivity contribution is -0.0654. The Morgan fingerprint density at radius 3 is 2.92 bits per heavy atom. The maximum Gasteiger partial charge on any atom is 0.251 e. The highest BCUT2D eigenvalue weighted by Crippen LogP contribution is 2.36. The van der Waals surface area contributed by atoms with Crippen LogP contribution < -0.4 is 5.32 Å². The second-order valence-electron chi connectivity index (χ2n) is 6.14. The van der Waals surface area contributed by atoms with Gasteiger partial charge < -0.3 is 10.1 Å². The molecule has 0 atom stereocenters. The number of carbonyl (C=O) groups excluding carboxylic acids is 1. The summed E-state index contributed by atoms with van der Waals surface area (Å²) in [6.45, 7) is 0.286. The number of rotatable bonds is 5. The van der Waals surface area contributed by atoms with E-state index in [1.54, 1.807) is 25.4 Å². The lowest BCUT2D eigenvalue weighted by atomic mass is 9.78. The molecule has 3 rings (SSSR count). The molecule has 2 aromatic heterocycles. The monoisotopic (exact) mass is 339 g/mol. The summed E-state index contributed by atoms with van der Waals surface area (Å²) in [5, 5.41) is 13.9. The predicted octanol–water partition coefficient (Wildman–Crippen LogP) is 1.69. The van der Waals surface area contributed by atoms with Gasteiger partial charge in [-0.3, -0.25) is 4.79 Å². The van der Waals surface area contributed by atoms with Crippen LogP contribution in [0.1, 0.15) is 36.0 Å². The maximum absolute atomic E-state index is 12.8. The molecule has 1 N–H and O–H groups in total. The van der Waals surface area contributed by atoms with Crippen molar-refractivity contribution in [2.75, 3.05) is 13.7 Å². The highest BCUT2D eigenvalue weighted by molar-refractivity contribution is 5.95. The molecular formula is C15H19F2N5O2. The van der Waals surface area contributed by atoms with Crippen LogP contribution in [0.3, 0.4) is 0 Å². The predicted molar refractivity (Wildman–Crippen MR) is 80.8 cm³/mol. The standard InChI is InChI=1S/C15H19F2N5O2/c1-24-15(5-2-10(3-6-15)13(16)17)9-18-14(23)11-4-7-22-12(8-11)19-20-21-22/h4,7-8,10,13H,2-3,5-6,9H2,1H3,(H,18,23). The van der Waals surface area contributed by atoms with Gasteiger partial charge in [0.15, 0.2) is 5.65 Å². The second-order valence-corrected chi connectivity index (χ2v) is 6.14. The van der Waals surface area contributed by atoms with Gasteiger partial charge in [-0.1, -0.05) is 0 Å². The van der Waals surface area contributed by atoms with Crippen LogP contribution in [-0.2, 0) is 4.74 Å². The molecule has 130 valence electrons. The number of ether oxygens (including phenoxy) is 1. The van der Waals surface area contributed by atoms with E-state index in [1.165, 1.54) is 4.52 Å². The van der Waals surface area contributed by atoms with Crippen LogP contribution in [0.4, 0.5) is 8.78 Å². The van der Waals surface area contributed by atoms with Gasteiger partial charge in [-0.05, 0) is 48.2 Å². The Hall–Kier alpha value is -2.16. The van der Waals surface area contributed by atoms with Crippen LogP contribution >= 0.6 is 0 Å². The summed E-state index contributed by atoms with van der Waals surface area (Å²) in [4.78, 5) is 12.3. The molecule has 2 aromatic rings. The molecule has 0 bridgehead atoms. The fraction of sp³-hybridized carbons (Fsp3) is 0.600. The Morgan fingerprint density at radius 1 is 1.50 bits per heavy atom. The summed E-state index contributed by atoms with van der Waals surface area (Å²) in [5.74, 6) is -0.847. The third-order valence-corrected chi connectivity index (χ3v) is 4.76. The van der Waals surface area contributed by atoms with Crippen molar-refractivity contribution >= 4 is 11.6 Å². The summed E-state index contributed by atoms with van der Waals surface area (Å²) in [5.41, 5.74) is 0.327. The Kier molecular flexibility index (Phi) is 4.70. The first kappa shape index (κ1) is 16.7.